The molecule has 4 nitrogen and oxygen atoms in total. The Bertz CT molecular complexity index is 465. The van der Waals surface area contributed by atoms with E-state index in [9.17, 15) is 13.2 Å². The molecule has 3 heterocycles. The Morgan fingerprint density at radius 3 is 2.20 bits per heavy atom. The molecule has 2 aliphatic rings. The molecule has 0 aliphatic carbocycles. The first kappa shape index (κ1) is 14.1. The molecule has 3 rings (SSSR count). The Balaban J connectivity index is 1.72. The molecule has 8 heteroatoms. The minimum Gasteiger partial charge on any atom is -0.338 e. The van der Waals surface area contributed by atoms with Crippen molar-refractivity contribution >= 4 is 21.9 Å². The fourth-order valence-corrected chi connectivity index (χ4v) is 3.29. The highest BCUT2D eigenvalue weighted by Gasteiger charge is 2.45. The number of halogens is 4. The van der Waals surface area contributed by atoms with Crippen molar-refractivity contribution in [1.82, 2.24) is 14.9 Å². The fourth-order valence-electron chi connectivity index (χ4n) is 3.09. The van der Waals surface area contributed by atoms with Crippen molar-refractivity contribution in [3.05, 3.63) is 16.9 Å². The number of anilines is 1. The third kappa shape index (κ3) is 2.90. The van der Waals surface area contributed by atoms with Gasteiger partial charge in [0.15, 0.2) is 0 Å². The highest BCUT2D eigenvalue weighted by atomic mass is 79.9. The van der Waals surface area contributed by atoms with E-state index in [4.69, 9.17) is 0 Å². The van der Waals surface area contributed by atoms with Crippen molar-refractivity contribution < 1.29 is 13.2 Å². The fraction of sp³-hybridized carbons (Fsp3) is 0.667. The van der Waals surface area contributed by atoms with Gasteiger partial charge in [0.05, 0.1) is 11.0 Å². The Labute approximate surface area is 123 Å². The monoisotopic (exact) mass is 350 g/mol. The van der Waals surface area contributed by atoms with Gasteiger partial charge in [-0.1, -0.05) is 0 Å². The lowest BCUT2D eigenvalue weighted by Crippen LogP contribution is -2.56. The quantitative estimate of drug-likeness (QED) is 0.820. The van der Waals surface area contributed by atoms with Crippen LogP contribution in [0.1, 0.15) is 12.8 Å². The van der Waals surface area contributed by atoms with Gasteiger partial charge in [-0.05, 0) is 28.8 Å². The molecule has 2 fully saturated rings. The smallest absolute Gasteiger partial charge is 0.338 e. The standard InChI is InChI=1S/C12H14BrF3N4/c13-8-3-17-11(18-4-8)19-5-9-1-2-10(6-19)20(9)7-12(14,15)16/h3-4,9-10H,1-2,5-7H2. The normalized spacial score (nSPS) is 27.1. The summed E-state index contributed by atoms with van der Waals surface area (Å²) in [6.45, 7) is 0.319. The lowest BCUT2D eigenvalue weighted by molar-refractivity contribution is -0.153. The molecule has 0 N–H and O–H groups in total. The first-order valence-corrected chi connectivity index (χ1v) is 7.27. The topological polar surface area (TPSA) is 32.3 Å². The van der Waals surface area contributed by atoms with Gasteiger partial charge in [-0.2, -0.15) is 13.2 Å². The molecule has 0 amide bonds. The maximum atomic E-state index is 12.6. The predicted octanol–water partition coefficient (Wildman–Crippen LogP) is 2.45. The average Bonchev–Trinajstić information content (AvgIpc) is 2.61. The van der Waals surface area contributed by atoms with Crippen LogP contribution in [0.4, 0.5) is 19.1 Å². The lowest BCUT2D eigenvalue weighted by atomic mass is 10.2. The first-order valence-electron chi connectivity index (χ1n) is 6.47. The summed E-state index contributed by atoms with van der Waals surface area (Å²) < 4.78 is 38.6. The molecule has 0 aromatic carbocycles. The minimum atomic E-state index is -4.13. The van der Waals surface area contributed by atoms with Gasteiger partial charge >= 0.3 is 6.18 Å². The van der Waals surface area contributed by atoms with Crippen molar-refractivity contribution in [2.24, 2.45) is 0 Å². The van der Waals surface area contributed by atoms with Crippen LogP contribution in [-0.2, 0) is 0 Å². The zero-order valence-corrected chi connectivity index (χ0v) is 12.2. The molecule has 2 unspecified atom stereocenters. The van der Waals surface area contributed by atoms with Crippen LogP contribution in [0.15, 0.2) is 16.9 Å². The van der Waals surface area contributed by atoms with E-state index in [1.165, 1.54) is 0 Å². The number of nitrogens with zero attached hydrogens (tertiary/aromatic N) is 4. The van der Waals surface area contributed by atoms with Crippen molar-refractivity contribution in [1.29, 1.82) is 0 Å². The SMILES string of the molecule is FC(F)(F)CN1C2CCC1CN(c1ncc(Br)cn1)C2. The van der Waals surface area contributed by atoms with Crippen LogP contribution in [0.2, 0.25) is 0 Å². The van der Waals surface area contributed by atoms with Crippen LogP contribution in [-0.4, -0.2) is 52.8 Å². The zero-order chi connectivity index (χ0) is 14.3. The van der Waals surface area contributed by atoms with E-state index >= 15 is 0 Å². The van der Waals surface area contributed by atoms with E-state index in [0.717, 1.165) is 17.3 Å². The van der Waals surface area contributed by atoms with Crippen LogP contribution in [0.3, 0.4) is 0 Å². The first-order chi connectivity index (χ1) is 9.42. The summed E-state index contributed by atoms with van der Waals surface area (Å²) in [5, 5.41) is 0. The number of rotatable bonds is 2. The van der Waals surface area contributed by atoms with Gasteiger partial charge in [-0.25, -0.2) is 9.97 Å². The van der Waals surface area contributed by atoms with E-state index in [1.807, 2.05) is 4.90 Å². The summed E-state index contributed by atoms with van der Waals surface area (Å²) in [5.41, 5.74) is 0. The van der Waals surface area contributed by atoms with Gasteiger partial charge in [0.2, 0.25) is 5.95 Å². The Kier molecular flexibility index (Phi) is 3.62. The summed E-state index contributed by atoms with van der Waals surface area (Å²) in [6.07, 6.45) is 0.817. The number of alkyl halides is 3. The van der Waals surface area contributed by atoms with Crippen molar-refractivity contribution in [2.75, 3.05) is 24.5 Å². The van der Waals surface area contributed by atoms with Crippen LogP contribution in [0.5, 0.6) is 0 Å². The van der Waals surface area contributed by atoms with E-state index in [0.29, 0.717) is 19.0 Å². The van der Waals surface area contributed by atoms with E-state index < -0.39 is 12.7 Å². The summed E-state index contributed by atoms with van der Waals surface area (Å²) in [5.74, 6) is 0.594. The molecule has 1 aromatic heterocycles. The molecule has 2 atom stereocenters. The van der Waals surface area contributed by atoms with Crippen LogP contribution in [0, 0.1) is 0 Å². The van der Waals surface area contributed by atoms with Gasteiger partial charge in [-0.15, -0.1) is 0 Å². The third-order valence-electron chi connectivity index (χ3n) is 3.88. The molecular formula is C12H14BrF3N4. The van der Waals surface area contributed by atoms with Crippen molar-refractivity contribution in [3.8, 4) is 0 Å². The molecular weight excluding hydrogens is 337 g/mol. The van der Waals surface area contributed by atoms with Gasteiger partial charge in [0.25, 0.3) is 0 Å². The third-order valence-corrected chi connectivity index (χ3v) is 4.29. The van der Waals surface area contributed by atoms with E-state index in [2.05, 4.69) is 25.9 Å². The predicted molar refractivity (Wildman–Crippen MR) is 71.5 cm³/mol. The second kappa shape index (κ2) is 5.14. The van der Waals surface area contributed by atoms with Crippen LogP contribution in [0.25, 0.3) is 0 Å². The molecule has 110 valence electrons. The molecule has 0 radical (unpaired) electrons. The maximum Gasteiger partial charge on any atom is 0.401 e. The summed E-state index contributed by atoms with van der Waals surface area (Å²) in [6, 6.07) is -0.106. The Morgan fingerprint density at radius 2 is 1.70 bits per heavy atom. The van der Waals surface area contributed by atoms with Gasteiger partial charge in [0.1, 0.15) is 0 Å². The zero-order valence-electron chi connectivity index (χ0n) is 10.6. The van der Waals surface area contributed by atoms with Gasteiger partial charge in [0, 0.05) is 37.6 Å². The number of fused-ring (bicyclic) bond motifs is 2. The Hall–Kier alpha value is -0.890. The molecule has 2 aliphatic heterocycles. The van der Waals surface area contributed by atoms with Crippen LogP contribution < -0.4 is 4.90 Å². The Morgan fingerprint density at radius 1 is 1.15 bits per heavy atom. The average molecular weight is 351 g/mol. The largest absolute Gasteiger partial charge is 0.401 e. The van der Waals surface area contributed by atoms with Crippen molar-refractivity contribution in [3.63, 3.8) is 0 Å². The molecule has 1 aromatic rings. The van der Waals surface area contributed by atoms with E-state index in [-0.39, 0.29) is 12.1 Å². The highest BCUT2D eigenvalue weighted by molar-refractivity contribution is 9.10. The second-order valence-corrected chi connectivity index (χ2v) is 6.19. The molecule has 0 spiro atoms. The summed E-state index contributed by atoms with van der Waals surface area (Å²) in [4.78, 5) is 12.0. The molecule has 20 heavy (non-hydrogen) atoms. The molecule has 0 saturated carbocycles. The number of piperazine rings is 1. The minimum absolute atomic E-state index is 0.0531. The van der Waals surface area contributed by atoms with Gasteiger partial charge in [-0.3, -0.25) is 4.90 Å². The summed E-state index contributed by atoms with van der Waals surface area (Å²) >= 11 is 3.27. The number of hydrogen-bond donors (Lipinski definition) is 0. The second-order valence-electron chi connectivity index (χ2n) is 5.28. The number of aromatic nitrogens is 2. The highest BCUT2D eigenvalue weighted by Crippen LogP contribution is 2.34. The van der Waals surface area contributed by atoms with Gasteiger partial charge < -0.3 is 4.90 Å². The summed E-state index contributed by atoms with van der Waals surface area (Å²) in [7, 11) is 0. The maximum absolute atomic E-state index is 12.6. The van der Waals surface area contributed by atoms with Crippen LogP contribution >= 0.6 is 15.9 Å². The van der Waals surface area contributed by atoms with E-state index in [1.54, 1.807) is 17.3 Å². The van der Waals surface area contributed by atoms with Crippen molar-refractivity contribution in [2.45, 2.75) is 31.1 Å². The number of hydrogen-bond acceptors (Lipinski definition) is 4. The molecule has 2 saturated heterocycles. The lowest BCUT2D eigenvalue weighted by Gasteiger charge is -2.41. The molecule has 2 bridgehead atoms.